The molecule has 1 fully saturated rings. The molecule has 1 aromatic rings. The summed E-state index contributed by atoms with van der Waals surface area (Å²) < 4.78 is 6.00. The number of H-pyrrole nitrogens is 1. The lowest BCUT2D eigenvalue weighted by Crippen LogP contribution is -2.49. The van der Waals surface area contributed by atoms with E-state index in [1.54, 1.807) is 0 Å². The molecule has 9 heteroatoms. The van der Waals surface area contributed by atoms with Gasteiger partial charge in [-0.1, -0.05) is 5.92 Å². The van der Waals surface area contributed by atoms with E-state index in [1.807, 2.05) is 10.9 Å². The molecule has 1 saturated heterocycles. The second-order valence-corrected chi connectivity index (χ2v) is 4.50. The van der Waals surface area contributed by atoms with E-state index in [2.05, 4.69) is 4.98 Å². The monoisotopic (exact) mass is 283 g/mol. The number of rotatable bonds is 2. The third-order valence-electron chi connectivity index (χ3n) is 3.13. The zero-order chi connectivity index (χ0) is 15.1. The van der Waals surface area contributed by atoms with Gasteiger partial charge in [-0.15, -0.1) is 6.42 Å². The molecule has 4 N–H and O–H groups in total. The summed E-state index contributed by atoms with van der Waals surface area (Å²) in [4.78, 5) is 27.8. The minimum Gasteiger partial charge on any atom is -0.391 e. The van der Waals surface area contributed by atoms with Crippen LogP contribution in [0, 0.1) is 12.3 Å². The smallest absolute Gasteiger partial charge is 0.350 e. The van der Waals surface area contributed by atoms with Crippen molar-refractivity contribution < 1.29 is 20.1 Å². The molecule has 20 heavy (non-hydrogen) atoms. The molecule has 0 bridgehead atoms. The van der Waals surface area contributed by atoms with Crippen LogP contribution in [-0.4, -0.2) is 53.8 Å². The van der Waals surface area contributed by atoms with E-state index >= 15 is 0 Å². The highest BCUT2D eigenvalue weighted by atomic mass is 16.6. The Labute approximate surface area is 112 Å². The van der Waals surface area contributed by atoms with Crippen LogP contribution in [0.2, 0.25) is 0 Å². The minimum atomic E-state index is -2.24. The molecule has 0 saturated carbocycles. The van der Waals surface area contributed by atoms with Crippen molar-refractivity contribution in [3.05, 3.63) is 27.3 Å². The fourth-order valence-corrected chi connectivity index (χ4v) is 2.06. The summed E-state index contributed by atoms with van der Waals surface area (Å²) in [6.45, 7) is 1.33. The van der Waals surface area contributed by atoms with E-state index < -0.39 is 41.5 Å². The molecular weight excluding hydrogens is 270 g/mol. The Kier molecular flexibility index (Phi) is 3.49. The van der Waals surface area contributed by atoms with Gasteiger partial charge in [0.15, 0.2) is 11.8 Å². The number of hydrogen-bond donors (Lipinski definition) is 4. The first-order valence-corrected chi connectivity index (χ1v) is 5.70. The molecule has 1 aliphatic heterocycles. The zero-order valence-corrected chi connectivity index (χ0v) is 10.4. The normalized spacial score (nSPS) is 34.6. The van der Waals surface area contributed by atoms with Crippen LogP contribution in [0.25, 0.3) is 0 Å². The van der Waals surface area contributed by atoms with Crippen molar-refractivity contribution in [2.45, 2.75) is 37.1 Å². The first-order valence-electron chi connectivity index (χ1n) is 5.70. The molecule has 2 heterocycles. The summed E-state index contributed by atoms with van der Waals surface area (Å²) in [6.07, 6.45) is 0.604. The fraction of sp³-hybridized carbons (Fsp3) is 0.545. The molecule has 2 rings (SSSR count). The third-order valence-corrected chi connectivity index (χ3v) is 3.13. The van der Waals surface area contributed by atoms with Crippen molar-refractivity contribution in [2.75, 3.05) is 0 Å². The van der Waals surface area contributed by atoms with Crippen molar-refractivity contribution >= 4 is 0 Å². The van der Waals surface area contributed by atoms with Gasteiger partial charge >= 0.3 is 11.4 Å². The largest absolute Gasteiger partial charge is 0.391 e. The number of aliphatic hydroxyl groups excluding tert-OH is 2. The maximum atomic E-state index is 11.7. The van der Waals surface area contributed by atoms with Crippen LogP contribution in [0.4, 0.5) is 0 Å². The van der Waals surface area contributed by atoms with Gasteiger partial charge in [0.1, 0.15) is 18.5 Å². The van der Waals surface area contributed by atoms with Crippen LogP contribution >= 0.6 is 0 Å². The minimum absolute atomic E-state index is 0.743. The molecular formula is C11H13N3O6. The van der Waals surface area contributed by atoms with E-state index in [0.29, 0.717) is 0 Å². The van der Waals surface area contributed by atoms with E-state index in [-0.39, 0.29) is 0 Å². The Morgan fingerprint density at radius 1 is 1.65 bits per heavy atom. The summed E-state index contributed by atoms with van der Waals surface area (Å²) in [5, 5.41) is 29.8. The number of aliphatic hydroxyl groups is 3. The highest BCUT2D eigenvalue weighted by Crippen LogP contribution is 2.38. The van der Waals surface area contributed by atoms with Gasteiger partial charge in [-0.3, -0.25) is 9.55 Å². The van der Waals surface area contributed by atoms with Crippen molar-refractivity contribution in [3.63, 3.8) is 0 Å². The highest BCUT2D eigenvalue weighted by molar-refractivity contribution is 5.19. The predicted octanol–water partition coefficient (Wildman–Crippen LogP) is -3.07. The Hall–Kier alpha value is -1.99. The van der Waals surface area contributed by atoms with Gasteiger partial charge in [0.05, 0.1) is 6.10 Å². The van der Waals surface area contributed by atoms with Crippen LogP contribution < -0.4 is 11.4 Å². The van der Waals surface area contributed by atoms with E-state index in [0.717, 1.165) is 10.9 Å². The van der Waals surface area contributed by atoms with Gasteiger partial charge in [-0.05, 0) is 6.92 Å². The Balaban J connectivity index is 2.53. The lowest BCUT2D eigenvalue weighted by atomic mass is 9.93. The Morgan fingerprint density at radius 3 is 2.80 bits per heavy atom. The lowest BCUT2D eigenvalue weighted by molar-refractivity contribution is -0.0888. The highest BCUT2D eigenvalue weighted by Gasteiger charge is 2.57. The molecule has 5 atom stereocenters. The molecule has 0 aromatic carbocycles. The third kappa shape index (κ3) is 2.04. The number of aromatic nitrogens is 3. The Bertz CT molecular complexity index is 659. The van der Waals surface area contributed by atoms with Crippen LogP contribution in [0.5, 0.6) is 0 Å². The molecule has 0 amide bonds. The zero-order valence-electron chi connectivity index (χ0n) is 10.4. The molecule has 0 spiro atoms. The van der Waals surface area contributed by atoms with Gasteiger partial charge in [0, 0.05) is 0 Å². The van der Waals surface area contributed by atoms with Gasteiger partial charge in [-0.25, -0.2) is 9.59 Å². The van der Waals surface area contributed by atoms with Crippen molar-refractivity contribution in [1.29, 1.82) is 0 Å². The SMILES string of the molecule is C#C[C@@]1(O)C(O)[C@@H]([C@@H](C)O)O[C@H]1n1cnc(=O)[nH]c1=O. The van der Waals surface area contributed by atoms with E-state index in [4.69, 9.17) is 11.2 Å². The van der Waals surface area contributed by atoms with Gasteiger partial charge in [-0.2, -0.15) is 4.98 Å². The summed E-state index contributed by atoms with van der Waals surface area (Å²) in [6, 6.07) is 0. The van der Waals surface area contributed by atoms with E-state index in [9.17, 15) is 24.9 Å². The van der Waals surface area contributed by atoms with Crippen molar-refractivity contribution in [1.82, 2.24) is 14.5 Å². The number of hydrogen-bond acceptors (Lipinski definition) is 7. The molecule has 0 radical (unpaired) electrons. The van der Waals surface area contributed by atoms with Crippen LogP contribution in [0.1, 0.15) is 13.2 Å². The standard InChI is InChI=1S/C11H13N3O6/c1-3-11(19)7(16)6(5(2)15)20-8(11)14-4-12-9(17)13-10(14)18/h1,4-8,15-16,19H,2H3,(H,13,17,18)/t5-,6-,7?,8-,11-/m1/s1. The van der Waals surface area contributed by atoms with E-state index in [1.165, 1.54) is 6.92 Å². The van der Waals surface area contributed by atoms with Gasteiger partial charge in [0.25, 0.3) is 0 Å². The van der Waals surface area contributed by atoms with Gasteiger partial charge < -0.3 is 20.1 Å². The van der Waals surface area contributed by atoms with Gasteiger partial charge in [0.2, 0.25) is 0 Å². The number of aromatic amines is 1. The maximum Gasteiger partial charge on any atom is 0.350 e. The second kappa shape index (κ2) is 4.84. The average Bonchev–Trinajstić information content (AvgIpc) is 2.64. The van der Waals surface area contributed by atoms with Crippen molar-refractivity contribution in [3.8, 4) is 12.3 Å². The van der Waals surface area contributed by atoms with Crippen LogP contribution in [0.15, 0.2) is 15.9 Å². The molecule has 108 valence electrons. The molecule has 9 nitrogen and oxygen atoms in total. The quantitative estimate of drug-likeness (QED) is 0.423. The Morgan fingerprint density at radius 2 is 2.30 bits per heavy atom. The summed E-state index contributed by atoms with van der Waals surface area (Å²) >= 11 is 0. The van der Waals surface area contributed by atoms with Crippen molar-refractivity contribution in [2.24, 2.45) is 0 Å². The van der Waals surface area contributed by atoms with Crippen LogP contribution in [0.3, 0.4) is 0 Å². The van der Waals surface area contributed by atoms with Crippen LogP contribution in [-0.2, 0) is 4.74 Å². The number of terminal acetylenes is 1. The summed E-state index contributed by atoms with van der Waals surface area (Å²) in [5.74, 6) is 1.96. The fourth-order valence-electron chi connectivity index (χ4n) is 2.06. The lowest BCUT2D eigenvalue weighted by Gasteiger charge is -2.26. The average molecular weight is 283 g/mol. The summed E-state index contributed by atoms with van der Waals surface area (Å²) in [5.41, 5.74) is -4.03. The predicted molar refractivity (Wildman–Crippen MR) is 64.5 cm³/mol. The maximum absolute atomic E-state index is 11.7. The number of nitrogens with one attached hydrogen (secondary N) is 1. The topological polar surface area (TPSA) is 138 Å². The molecule has 1 unspecified atom stereocenters. The second-order valence-electron chi connectivity index (χ2n) is 4.50. The first-order chi connectivity index (χ1) is 9.31. The first kappa shape index (κ1) is 14.4. The summed E-state index contributed by atoms with van der Waals surface area (Å²) in [7, 11) is 0. The molecule has 1 aliphatic rings. The number of nitrogens with zero attached hydrogens (tertiary/aromatic N) is 2. The molecule has 0 aliphatic carbocycles. The number of ether oxygens (including phenoxy) is 1. The molecule has 1 aromatic heterocycles.